The quantitative estimate of drug-likeness (QED) is 0.921. The summed E-state index contributed by atoms with van der Waals surface area (Å²) in [5.41, 5.74) is 8.02. The predicted molar refractivity (Wildman–Crippen MR) is 77.0 cm³/mol. The van der Waals surface area contributed by atoms with Crippen LogP contribution < -0.4 is 5.73 Å². The third-order valence-electron chi connectivity index (χ3n) is 3.25. The van der Waals surface area contributed by atoms with Gasteiger partial charge in [0.15, 0.2) is 0 Å². The van der Waals surface area contributed by atoms with Crippen LogP contribution in [0.2, 0.25) is 5.02 Å². The molecule has 2 rings (SSSR count). The van der Waals surface area contributed by atoms with Gasteiger partial charge in [-0.2, -0.15) is 0 Å². The van der Waals surface area contributed by atoms with Crippen molar-refractivity contribution in [3.05, 3.63) is 41.0 Å². The molecule has 96 valence electrons. The maximum atomic E-state index is 5.99. The minimum atomic E-state index is 0.339. The fourth-order valence-electron chi connectivity index (χ4n) is 2.09. The molecule has 0 spiro atoms. The van der Waals surface area contributed by atoms with Gasteiger partial charge < -0.3 is 10.6 Å². The normalized spacial score (nSPS) is 13.2. The number of benzene rings is 1. The molecule has 4 heteroatoms. The number of hydrogen-bond acceptors (Lipinski definition) is 3. The summed E-state index contributed by atoms with van der Waals surface area (Å²) in [6.07, 6.45) is 2.75. The maximum absolute atomic E-state index is 5.99. The molecule has 0 amide bonds. The molecule has 0 aliphatic rings. The topological polar surface area (TPSA) is 42.1 Å². The molecular formula is C14H18ClN3. The van der Waals surface area contributed by atoms with Gasteiger partial charge in [0.2, 0.25) is 0 Å². The molecule has 0 aliphatic carbocycles. The van der Waals surface area contributed by atoms with Gasteiger partial charge in [-0.15, -0.1) is 0 Å². The van der Waals surface area contributed by atoms with Gasteiger partial charge in [-0.25, -0.2) is 0 Å². The van der Waals surface area contributed by atoms with Crippen LogP contribution in [0.3, 0.4) is 0 Å². The van der Waals surface area contributed by atoms with Gasteiger partial charge in [-0.3, -0.25) is 4.98 Å². The molecule has 0 saturated heterocycles. The summed E-state index contributed by atoms with van der Waals surface area (Å²) < 4.78 is 0. The molecule has 1 aromatic carbocycles. The Hall–Kier alpha value is -1.16. The van der Waals surface area contributed by atoms with Crippen LogP contribution in [-0.2, 0) is 6.42 Å². The third-order valence-corrected chi connectivity index (χ3v) is 3.49. The van der Waals surface area contributed by atoms with Gasteiger partial charge in [-0.1, -0.05) is 17.7 Å². The summed E-state index contributed by atoms with van der Waals surface area (Å²) in [6.45, 7) is 0.643. The molecule has 1 atom stereocenters. The Morgan fingerprint density at radius 1 is 1.33 bits per heavy atom. The first-order chi connectivity index (χ1) is 8.61. The van der Waals surface area contributed by atoms with Gasteiger partial charge in [0.1, 0.15) is 0 Å². The lowest BCUT2D eigenvalue weighted by atomic mass is 10.0. The van der Waals surface area contributed by atoms with E-state index in [9.17, 15) is 0 Å². The van der Waals surface area contributed by atoms with E-state index in [0.717, 1.165) is 22.3 Å². The molecule has 2 N–H and O–H groups in total. The van der Waals surface area contributed by atoms with Crippen LogP contribution in [0.4, 0.5) is 0 Å². The zero-order valence-electron chi connectivity index (χ0n) is 10.7. The lowest BCUT2D eigenvalue weighted by Crippen LogP contribution is -2.36. The molecule has 1 unspecified atom stereocenters. The van der Waals surface area contributed by atoms with Crippen molar-refractivity contribution < 1.29 is 0 Å². The Kier molecular flexibility index (Phi) is 4.17. The van der Waals surface area contributed by atoms with Crippen molar-refractivity contribution in [3.8, 4) is 0 Å². The van der Waals surface area contributed by atoms with Crippen molar-refractivity contribution in [1.29, 1.82) is 0 Å². The van der Waals surface area contributed by atoms with E-state index in [1.165, 1.54) is 5.56 Å². The van der Waals surface area contributed by atoms with E-state index in [1.807, 2.05) is 24.4 Å². The number of nitrogens with two attached hydrogens (primary N) is 1. The van der Waals surface area contributed by atoms with Crippen molar-refractivity contribution in [2.24, 2.45) is 5.73 Å². The molecular weight excluding hydrogens is 246 g/mol. The number of nitrogens with zero attached hydrogens (tertiary/aromatic N) is 2. The first-order valence-electron chi connectivity index (χ1n) is 6.01. The second-order valence-electron chi connectivity index (χ2n) is 4.69. The highest BCUT2D eigenvalue weighted by molar-refractivity contribution is 6.31. The van der Waals surface area contributed by atoms with Gasteiger partial charge >= 0.3 is 0 Å². The first kappa shape index (κ1) is 13.3. The van der Waals surface area contributed by atoms with Crippen LogP contribution in [0, 0.1) is 0 Å². The van der Waals surface area contributed by atoms with Gasteiger partial charge in [0.25, 0.3) is 0 Å². The largest absolute Gasteiger partial charge is 0.329 e. The molecule has 3 nitrogen and oxygen atoms in total. The zero-order chi connectivity index (χ0) is 13.1. The van der Waals surface area contributed by atoms with Crippen molar-refractivity contribution in [2.75, 3.05) is 20.6 Å². The fourth-order valence-corrected chi connectivity index (χ4v) is 2.26. The van der Waals surface area contributed by atoms with E-state index >= 15 is 0 Å². The van der Waals surface area contributed by atoms with Crippen LogP contribution in [-0.4, -0.2) is 36.6 Å². The van der Waals surface area contributed by atoms with E-state index in [1.54, 1.807) is 0 Å². The van der Waals surface area contributed by atoms with E-state index in [0.29, 0.717) is 12.6 Å². The number of aromatic nitrogens is 1. The second kappa shape index (κ2) is 5.65. The van der Waals surface area contributed by atoms with Crippen LogP contribution >= 0.6 is 11.6 Å². The minimum absolute atomic E-state index is 0.339. The van der Waals surface area contributed by atoms with E-state index < -0.39 is 0 Å². The summed E-state index contributed by atoms with van der Waals surface area (Å²) in [5, 5.41) is 1.87. The van der Waals surface area contributed by atoms with Crippen molar-refractivity contribution in [3.63, 3.8) is 0 Å². The molecule has 0 saturated carbocycles. The highest BCUT2D eigenvalue weighted by Gasteiger charge is 2.12. The lowest BCUT2D eigenvalue weighted by Gasteiger charge is -2.23. The van der Waals surface area contributed by atoms with E-state index in [4.69, 9.17) is 17.3 Å². The van der Waals surface area contributed by atoms with Crippen molar-refractivity contribution in [2.45, 2.75) is 12.5 Å². The molecule has 0 radical (unpaired) electrons. The van der Waals surface area contributed by atoms with Gasteiger partial charge in [0.05, 0.1) is 5.52 Å². The Morgan fingerprint density at radius 2 is 2.11 bits per heavy atom. The summed E-state index contributed by atoms with van der Waals surface area (Å²) in [4.78, 5) is 6.51. The molecule has 1 aromatic heterocycles. The number of halogens is 1. The van der Waals surface area contributed by atoms with Crippen LogP contribution in [0.1, 0.15) is 5.56 Å². The third kappa shape index (κ3) is 2.80. The average molecular weight is 264 g/mol. The number of likely N-dealkylation sites (N-methyl/N-ethyl adjacent to an activating group) is 1. The van der Waals surface area contributed by atoms with Gasteiger partial charge in [0, 0.05) is 29.2 Å². The number of fused-ring (bicyclic) bond motifs is 1. The zero-order valence-corrected chi connectivity index (χ0v) is 11.5. The molecule has 0 fully saturated rings. The summed E-state index contributed by atoms with van der Waals surface area (Å²) >= 11 is 5.99. The minimum Gasteiger partial charge on any atom is -0.329 e. The summed E-state index contributed by atoms with van der Waals surface area (Å²) in [6, 6.07) is 8.23. The van der Waals surface area contributed by atoms with Crippen molar-refractivity contribution >= 4 is 22.5 Å². The Morgan fingerprint density at radius 3 is 2.78 bits per heavy atom. The average Bonchev–Trinajstić information content (AvgIpc) is 2.35. The van der Waals surface area contributed by atoms with E-state index in [2.05, 4.69) is 30.0 Å². The predicted octanol–water partition coefficient (Wildman–Crippen LogP) is 2.32. The SMILES string of the molecule is CN(C)C(CN)Cc1ccnc2cc(Cl)ccc12. The highest BCUT2D eigenvalue weighted by atomic mass is 35.5. The Bertz CT molecular complexity index is 540. The maximum Gasteiger partial charge on any atom is 0.0719 e. The molecule has 18 heavy (non-hydrogen) atoms. The van der Waals surface area contributed by atoms with Crippen molar-refractivity contribution in [1.82, 2.24) is 9.88 Å². The fraction of sp³-hybridized carbons (Fsp3) is 0.357. The first-order valence-corrected chi connectivity index (χ1v) is 6.39. The number of hydrogen-bond donors (Lipinski definition) is 1. The summed E-state index contributed by atoms with van der Waals surface area (Å²) in [7, 11) is 4.11. The van der Waals surface area contributed by atoms with E-state index in [-0.39, 0.29) is 0 Å². The number of pyridine rings is 1. The molecule has 0 bridgehead atoms. The second-order valence-corrected chi connectivity index (χ2v) is 5.13. The highest BCUT2D eigenvalue weighted by Crippen LogP contribution is 2.22. The Labute approximate surface area is 113 Å². The molecule has 1 heterocycles. The standard InChI is InChI=1S/C14H18ClN3/c1-18(2)12(9-16)7-10-5-6-17-14-8-11(15)3-4-13(10)14/h3-6,8,12H,7,9,16H2,1-2H3. The van der Waals surface area contributed by atoms with Crippen LogP contribution in [0.5, 0.6) is 0 Å². The van der Waals surface area contributed by atoms with Gasteiger partial charge in [-0.05, 0) is 44.3 Å². The molecule has 0 aliphatic heterocycles. The lowest BCUT2D eigenvalue weighted by molar-refractivity contribution is 0.298. The molecule has 2 aromatic rings. The Balaban J connectivity index is 2.39. The van der Waals surface area contributed by atoms with Crippen LogP contribution in [0.25, 0.3) is 10.9 Å². The summed E-state index contributed by atoms with van der Waals surface area (Å²) in [5.74, 6) is 0. The monoisotopic (exact) mass is 263 g/mol. The smallest absolute Gasteiger partial charge is 0.0719 e. The van der Waals surface area contributed by atoms with Crippen LogP contribution in [0.15, 0.2) is 30.5 Å². The number of rotatable bonds is 4.